The number of nitrogens with two attached hydrogens (primary N) is 1. The van der Waals surface area contributed by atoms with Crippen molar-refractivity contribution in [3.05, 3.63) is 66.2 Å². The number of methoxy groups -OCH3 is 1. The molecule has 0 heterocycles. The molecule has 2 aromatic carbocycles. The Balaban J connectivity index is 2.17. The molecule has 0 aliphatic heterocycles. The summed E-state index contributed by atoms with van der Waals surface area (Å²) >= 11 is 0. The number of hydrogen-bond donors (Lipinski definition) is 2. The molecule has 0 fully saturated rings. The van der Waals surface area contributed by atoms with Crippen molar-refractivity contribution >= 4 is 17.3 Å². The lowest BCUT2D eigenvalue weighted by Crippen LogP contribution is -2.08. The van der Waals surface area contributed by atoms with Crippen molar-refractivity contribution in [3.8, 4) is 5.75 Å². The fourth-order valence-electron chi connectivity index (χ4n) is 1.67. The average Bonchev–Trinajstić information content (AvgIpc) is 2.49. The molecule has 0 saturated carbocycles. The number of aliphatic hydroxyl groups excluding tert-OH is 1. The van der Waals surface area contributed by atoms with Crippen LogP contribution in [0.5, 0.6) is 5.75 Å². The van der Waals surface area contributed by atoms with Gasteiger partial charge in [0.05, 0.1) is 12.8 Å². The van der Waals surface area contributed by atoms with E-state index >= 15 is 0 Å². The van der Waals surface area contributed by atoms with E-state index in [-0.39, 0.29) is 11.6 Å². The summed E-state index contributed by atoms with van der Waals surface area (Å²) in [7, 11) is 1.60. The van der Waals surface area contributed by atoms with Gasteiger partial charge in [0.15, 0.2) is 0 Å². The Bertz CT molecular complexity index is 617. The fourth-order valence-corrected chi connectivity index (χ4v) is 1.67. The fraction of sp³-hybridized carbons (Fsp3) is 0.0625. The maximum absolute atomic E-state index is 9.93. The van der Waals surface area contributed by atoms with Crippen LogP contribution in [0.2, 0.25) is 0 Å². The molecule has 0 aliphatic rings. The lowest BCUT2D eigenvalue weighted by molar-refractivity contribution is 0.415. The van der Waals surface area contributed by atoms with Crippen LogP contribution in [0.1, 0.15) is 5.56 Å². The first kappa shape index (κ1) is 13.7. The normalized spacial score (nSPS) is 12.2. The van der Waals surface area contributed by atoms with E-state index in [4.69, 9.17) is 10.5 Å². The minimum atomic E-state index is 0.0837. The number of benzene rings is 2. The highest BCUT2D eigenvalue weighted by atomic mass is 16.5. The third-order valence-corrected chi connectivity index (χ3v) is 2.68. The summed E-state index contributed by atoms with van der Waals surface area (Å²) in [5.41, 5.74) is 7.19. The van der Waals surface area contributed by atoms with E-state index in [1.54, 1.807) is 43.5 Å². The van der Waals surface area contributed by atoms with Gasteiger partial charge in [-0.2, -0.15) is 0 Å². The molecule has 102 valence electrons. The van der Waals surface area contributed by atoms with Gasteiger partial charge in [-0.1, -0.05) is 30.3 Å². The maximum Gasteiger partial charge on any atom is 0.127 e. The summed E-state index contributed by atoms with van der Waals surface area (Å²) in [5.74, 6) is 1.07. The van der Waals surface area contributed by atoms with Crippen LogP contribution in [0.25, 0.3) is 5.76 Å². The molecule has 3 N–H and O–H groups in total. The number of aliphatic imine (C=N–C) groups is 1. The zero-order valence-electron chi connectivity index (χ0n) is 11.2. The minimum absolute atomic E-state index is 0.0837. The lowest BCUT2D eigenvalue weighted by atomic mass is 10.2. The molecule has 0 spiro atoms. The Morgan fingerprint density at radius 1 is 1.10 bits per heavy atom. The number of rotatable bonds is 4. The molecule has 0 aliphatic carbocycles. The monoisotopic (exact) mass is 268 g/mol. The number of amidine groups is 1. The SMILES string of the molecule is COc1ccc(N=C(N)/C=C(\O)c2ccccc2)cc1. The second-order valence-corrected chi connectivity index (χ2v) is 4.13. The largest absolute Gasteiger partial charge is 0.507 e. The van der Waals surface area contributed by atoms with Crippen molar-refractivity contribution < 1.29 is 9.84 Å². The third kappa shape index (κ3) is 3.62. The first-order valence-corrected chi connectivity index (χ1v) is 6.13. The van der Waals surface area contributed by atoms with Crippen molar-refractivity contribution in [3.63, 3.8) is 0 Å². The summed E-state index contributed by atoms with van der Waals surface area (Å²) in [6, 6.07) is 16.3. The van der Waals surface area contributed by atoms with E-state index in [0.29, 0.717) is 11.3 Å². The molecule has 0 unspecified atom stereocenters. The molecule has 20 heavy (non-hydrogen) atoms. The number of aliphatic hydroxyl groups is 1. The predicted molar refractivity (Wildman–Crippen MR) is 81.3 cm³/mol. The third-order valence-electron chi connectivity index (χ3n) is 2.68. The maximum atomic E-state index is 9.93. The Labute approximate surface area is 117 Å². The molecule has 0 radical (unpaired) electrons. The van der Waals surface area contributed by atoms with Crippen LogP contribution in [0.3, 0.4) is 0 Å². The van der Waals surface area contributed by atoms with Crippen LogP contribution in [-0.4, -0.2) is 18.1 Å². The van der Waals surface area contributed by atoms with Crippen LogP contribution in [0, 0.1) is 0 Å². The van der Waals surface area contributed by atoms with E-state index in [1.807, 2.05) is 18.2 Å². The summed E-state index contributed by atoms with van der Waals surface area (Å²) < 4.78 is 5.06. The standard InChI is InChI=1S/C16H16N2O2/c1-20-14-9-7-13(8-10-14)18-16(17)11-15(19)12-5-3-2-4-6-12/h2-11,19H,1H3,(H2,17,18)/b15-11-. The van der Waals surface area contributed by atoms with Crippen molar-refractivity contribution in [1.29, 1.82) is 0 Å². The summed E-state index contributed by atoms with van der Waals surface area (Å²) in [6.07, 6.45) is 1.43. The van der Waals surface area contributed by atoms with Gasteiger partial charge in [-0.05, 0) is 24.3 Å². The van der Waals surface area contributed by atoms with Crippen LogP contribution in [0.4, 0.5) is 5.69 Å². The molecule has 0 aromatic heterocycles. The van der Waals surface area contributed by atoms with Gasteiger partial charge >= 0.3 is 0 Å². The second kappa shape index (κ2) is 6.43. The molecule has 2 rings (SSSR count). The van der Waals surface area contributed by atoms with Gasteiger partial charge in [0.25, 0.3) is 0 Å². The second-order valence-electron chi connectivity index (χ2n) is 4.13. The van der Waals surface area contributed by atoms with Crippen LogP contribution in [-0.2, 0) is 0 Å². The Kier molecular flexibility index (Phi) is 4.39. The summed E-state index contributed by atoms with van der Waals surface area (Å²) in [6.45, 7) is 0. The Morgan fingerprint density at radius 3 is 2.35 bits per heavy atom. The van der Waals surface area contributed by atoms with Gasteiger partial charge in [0, 0.05) is 11.6 Å². The average molecular weight is 268 g/mol. The molecule has 4 heteroatoms. The van der Waals surface area contributed by atoms with Crippen LogP contribution >= 0.6 is 0 Å². The molecular formula is C16H16N2O2. The van der Waals surface area contributed by atoms with Crippen LogP contribution in [0.15, 0.2) is 65.7 Å². The van der Waals surface area contributed by atoms with Crippen molar-refractivity contribution in [1.82, 2.24) is 0 Å². The highest BCUT2D eigenvalue weighted by Crippen LogP contribution is 2.18. The molecule has 0 bridgehead atoms. The van der Waals surface area contributed by atoms with Crippen molar-refractivity contribution in [2.75, 3.05) is 7.11 Å². The van der Waals surface area contributed by atoms with Crippen LogP contribution < -0.4 is 10.5 Å². The minimum Gasteiger partial charge on any atom is -0.507 e. The first-order chi connectivity index (χ1) is 9.69. The van der Waals surface area contributed by atoms with Gasteiger partial charge < -0.3 is 15.6 Å². The zero-order valence-corrected chi connectivity index (χ0v) is 11.2. The first-order valence-electron chi connectivity index (χ1n) is 6.13. The van der Waals surface area contributed by atoms with E-state index in [0.717, 1.165) is 5.75 Å². The number of nitrogens with zero attached hydrogens (tertiary/aromatic N) is 1. The molecule has 2 aromatic rings. The molecule has 0 saturated heterocycles. The van der Waals surface area contributed by atoms with Gasteiger partial charge in [-0.15, -0.1) is 0 Å². The summed E-state index contributed by atoms with van der Waals surface area (Å²) in [5, 5.41) is 9.93. The van der Waals surface area contributed by atoms with E-state index < -0.39 is 0 Å². The number of hydrogen-bond acceptors (Lipinski definition) is 3. The van der Waals surface area contributed by atoms with E-state index in [1.165, 1.54) is 6.08 Å². The molecule has 0 amide bonds. The quantitative estimate of drug-likeness (QED) is 0.508. The smallest absolute Gasteiger partial charge is 0.127 e. The van der Waals surface area contributed by atoms with Gasteiger partial charge in [-0.25, -0.2) is 4.99 Å². The van der Waals surface area contributed by atoms with Gasteiger partial charge in [0.2, 0.25) is 0 Å². The zero-order chi connectivity index (χ0) is 14.4. The Morgan fingerprint density at radius 2 is 1.75 bits per heavy atom. The van der Waals surface area contributed by atoms with Gasteiger partial charge in [0.1, 0.15) is 17.3 Å². The van der Waals surface area contributed by atoms with Crippen molar-refractivity contribution in [2.45, 2.75) is 0 Å². The molecular weight excluding hydrogens is 252 g/mol. The lowest BCUT2D eigenvalue weighted by Gasteiger charge is -2.01. The highest BCUT2D eigenvalue weighted by molar-refractivity contribution is 5.98. The summed E-state index contributed by atoms with van der Waals surface area (Å²) in [4.78, 5) is 4.20. The van der Waals surface area contributed by atoms with Crippen molar-refractivity contribution in [2.24, 2.45) is 10.7 Å². The number of ether oxygens (including phenoxy) is 1. The van der Waals surface area contributed by atoms with Gasteiger partial charge in [-0.3, -0.25) is 0 Å². The predicted octanol–water partition coefficient (Wildman–Crippen LogP) is 3.28. The van der Waals surface area contributed by atoms with E-state index in [9.17, 15) is 5.11 Å². The van der Waals surface area contributed by atoms with E-state index in [2.05, 4.69) is 4.99 Å². The highest BCUT2D eigenvalue weighted by Gasteiger charge is 1.99. The Hall–Kier alpha value is -2.75. The molecule has 4 nitrogen and oxygen atoms in total. The topological polar surface area (TPSA) is 67.8 Å². The molecule has 0 atom stereocenters.